The Balaban J connectivity index is 1.25. The van der Waals surface area contributed by atoms with Gasteiger partial charge in [0.15, 0.2) is 5.76 Å². The second-order valence-electron chi connectivity index (χ2n) is 11.5. The molecule has 2 aromatic heterocycles. The number of aliphatic hydroxyl groups excluding tert-OH is 1. The van der Waals surface area contributed by atoms with Gasteiger partial charge in [0.1, 0.15) is 12.0 Å². The first-order valence-electron chi connectivity index (χ1n) is 14.6. The molecule has 13 heteroatoms. The SMILES string of the molecule is CC(C)[C@H](C(=O)N1C[C@H](O)C[C@H]1C(=O)N[C@@H](C)c1ccc(-c2ccnn2C)cc1)c1cc(OC(=O)N2CCNCC2)no1. The van der Waals surface area contributed by atoms with Crippen LogP contribution in [0.1, 0.15) is 50.5 Å². The van der Waals surface area contributed by atoms with Crippen LogP contribution in [0, 0.1) is 5.92 Å². The van der Waals surface area contributed by atoms with Crippen LogP contribution in [0.3, 0.4) is 0 Å². The lowest BCUT2D eigenvalue weighted by Crippen LogP contribution is -2.48. The summed E-state index contributed by atoms with van der Waals surface area (Å²) in [5.41, 5.74) is 2.89. The molecule has 2 aliphatic rings. The van der Waals surface area contributed by atoms with Gasteiger partial charge in [-0.2, -0.15) is 5.10 Å². The topological polar surface area (TPSA) is 155 Å². The standard InChI is InChI=1S/C30H39N7O6/c1-18(2)27(25-16-26(34-43-25)42-30(41)36-13-11-31-12-14-36)29(40)37-17-22(38)15-24(37)28(39)33-19(3)20-5-7-21(8-6-20)23-9-10-32-35(23)4/h5-10,16,18-19,22,24,27,31,38H,11-15,17H2,1-4H3,(H,33,39)/t19-,22+,24-,27-/m0/s1. The summed E-state index contributed by atoms with van der Waals surface area (Å²) in [6, 6.07) is 10.0. The Morgan fingerprint density at radius 3 is 2.49 bits per heavy atom. The van der Waals surface area contributed by atoms with E-state index in [1.165, 1.54) is 11.0 Å². The van der Waals surface area contributed by atoms with E-state index in [0.29, 0.717) is 26.2 Å². The summed E-state index contributed by atoms with van der Waals surface area (Å²) >= 11 is 0. The van der Waals surface area contributed by atoms with Crippen molar-refractivity contribution in [2.75, 3.05) is 32.7 Å². The van der Waals surface area contributed by atoms with Crippen LogP contribution in [0.4, 0.5) is 4.79 Å². The van der Waals surface area contributed by atoms with E-state index in [1.54, 1.807) is 15.8 Å². The third-order valence-electron chi connectivity index (χ3n) is 8.06. The summed E-state index contributed by atoms with van der Waals surface area (Å²) in [4.78, 5) is 42.8. The van der Waals surface area contributed by atoms with Crippen molar-refractivity contribution < 1.29 is 28.8 Å². The van der Waals surface area contributed by atoms with Crippen LogP contribution in [-0.2, 0) is 16.6 Å². The number of β-amino-alcohol motifs (C(OH)–C–C–N with tert-alkyl or cyclic N) is 1. The molecule has 4 atom stereocenters. The van der Waals surface area contributed by atoms with Crippen LogP contribution < -0.4 is 15.4 Å². The lowest BCUT2D eigenvalue weighted by atomic mass is 9.91. The van der Waals surface area contributed by atoms with E-state index in [2.05, 4.69) is 20.9 Å². The van der Waals surface area contributed by atoms with Crippen LogP contribution in [-0.4, -0.2) is 92.6 Å². The number of piperazine rings is 1. The highest BCUT2D eigenvalue weighted by molar-refractivity contribution is 5.91. The number of hydrogen-bond donors (Lipinski definition) is 3. The van der Waals surface area contributed by atoms with Gasteiger partial charge in [0.2, 0.25) is 11.8 Å². The molecule has 4 heterocycles. The highest BCUT2D eigenvalue weighted by Gasteiger charge is 2.43. The maximum absolute atomic E-state index is 13.9. The first kappa shape index (κ1) is 30.2. The Hall–Kier alpha value is -4.23. The van der Waals surface area contributed by atoms with Crippen molar-refractivity contribution in [3.05, 3.63) is 53.9 Å². The molecule has 2 fully saturated rings. The minimum atomic E-state index is -0.854. The van der Waals surface area contributed by atoms with Gasteiger partial charge in [-0.25, -0.2) is 4.79 Å². The molecule has 1 aromatic carbocycles. The number of likely N-dealkylation sites (tertiary alicyclic amines) is 1. The van der Waals surface area contributed by atoms with Crippen molar-refractivity contribution in [2.24, 2.45) is 13.0 Å². The zero-order valence-electron chi connectivity index (χ0n) is 24.9. The Morgan fingerprint density at radius 1 is 1.12 bits per heavy atom. The second-order valence-corrected chi connectivity index (χ2v) is 11.5. The normalized spacial score (nSPS) is 20.2. The van der Waals surface area contributed by atoms with Crippen LogP contribution in [0.25, 0.3) is 11.3 Å². The molecular formula is C30H39N7O6. The molecule has 3 aromatic rings. The number of carbonyl (C=O) groups is 3. The molecule has 2 aliphatic heterocycles. The van der Waals surface area contributed by atoms with Crippen LogP contribution >= 0.6 is 0 Å². The molecule has 5 rings (SSSR count). The average molecular weight is 594 g/mol. The average Bonchev–Trinajstić information content (AvgIpc) is 3.73. The first-order chi connectivity index (χ1) is 20.6. The summed E-state index contributed by atoms with van der Waals surface area (Å²) in [7, 11) is 1.88. The maximum atomic E-state index is 13.9. The number of rotatable bonds is 8. The molecule has 3 N–H and O–H groups in total. The van der Waals surface area contributed by atoms with Gasteiger partial charge in [0.25, 0.3) is 5.88 Å². The smallest absolute Gasteiger partial charge is 0.391 e. The van der Waals surface area contributed by atoms with E-state index in [4.69, 9.17) is 9.26 Å². The monoisotopic (exact) mass is 593 g/mol. The van der Waals surface area contributed by atoms with Gasteiger partial charge in [-0.05, 0) is 35.2 Å². The van der Waals surface area contributed by atoms with Crippen molar-refractivity contribution in [2.45, 2.75) is 51.3 Å². The number of carbonyl (C=O) groups excluding carboxylic acids is 3. The maximum Gasteiger partial charge on any atom is 0.416 e. The predicted molar refractivity (Wildman–Crippen MR) is 156 cm³/mol. The van der Waals surface area contributed by atoms with Gasteiger partial charge in [-0.1, -0.05) is 38.1 Å². The zero-order valence-corrected chi connectivity index (χ0v) is 24.9. The fraction of sp³-hybridized carbons (Fsp3) is 0.500. The van der Waals surface area contributed by atoms with Crippen molar-refractivity contribution in [3.8, 4) is 17.1 Å². The van der Waals surface area contributed by atoms with E-state index in [-0.39, 0.29) is 48.4 Å². The summed E-state index contributed by atoms with van der Waals surface area (Å²) in [5, 5.41) is 24.8. The molecule has 43 heavy (non-hydrogen) atoms. The van der Waals surface area contributed by atoms with Crippen molar-refractivity contribution in [3.63, 3.8) is 0 Å². The highest BCUT2D eigenvalue weighted by atomic mass is 16.6. The molecule has 0 unspecified atom stereocenters. The molecule has 230 valence electrons. The number of aromatic nitrogens is 3. The van der Waals surface area contributed by atoms with E-state index in [0.717, 1.165) is 16.8 Å². The highest BCUT2D eigenvalue weighted by Crippen LogP contribution is 2.33. The predicted octanol–water partition coefficient (Wildman–Crippen LogP) is 2.06. The van der Waals surface area contributed by atoms with Gasteiger partial charge in [0, 0.05) is 58.5 Å². The molecule has 0 aliphatic carbocycles. The number of aryl methyl sites for hydroxylation is 1. The summed E-state index contributed by atoms with van der Waals surface area (Å²) in [5.74, 6) is -1.54. The molecule has 13 nitrogen and oxygen atoms in total. The van der Waals surface area contributed by atoms with Gasteiger partial charge in [-0.3, -0.25) is 14.3 Å². The lowest BCUT2D eigenvalue weighted by Gasteiger charge is -2.29. The molecule has 2 saturated heterocycles. The van der Waals surface area contributed by atoms with E-state index in [1.807, 2.05) is 58.2 Å². The molecule has 0 spiro atoms. The van der Waals surface area contributed by atoms with E-state index in [9.17, 15) is 19.5 Å². The fourth-order valence-corrected chi connectivity index (χ4v) is 5.68. The van der Waals surface area contributed by atoms with Crippen molar-refractivity contribution >= 4 is 17.9 Å². The fourth-order valence-electron chi connectivity index (χ4n) is 5.68. The van der Waals surface area contributed by atoms with Gasteiger partial charge in [0.05, 0.1) is 17.8 Å². The second kappa shape index (κ2) is 13.0. The zero-order chi connectivity index (χ0) is 30.7. The third kappa shape index (κ3) is 6.73. The number of nitrogens with one attached hydrogen (secondary N) is 2. The largest absolute Gasteiger partial charge is 0.416 e. The first-order valence-corrected chi connectivity index (χ1v) is 14.6. The van der Waals surface area contributed by atoms with Crippen LogP contribution in [0.15, 0.2) is 47.1 Å². The minimum Gasteiger partial charge on any atom is -0.391 e. The lowest BCUT2D eigenvalue weighted by molar-refractivity contribution is -0.141. The van der Waals surface area contributed by atoms with Gasteiger partial charge < -0.3 is 34.8 Å². The van der Waals surface area contributed by atoms with Gasteiger partial charge in [-0.15, -0.1) is 0 Å². The molecular weight excluding hydrogens is 554 g/mol. The van der Waals surface area contributed by atoms with E-state index >= 15 is 0 Å². The van der Waals surface area contributed by atoms with Crippen LogP contribution in [0.2, 0.25) is 0 Å². The number of amides is 3. The van der Waals surface area contributed by atoms with Crippen molar-refractivity contribution in [1.82, 2.24) is 35.4 Å². The van der Waals surface area contributed by atoms with E-state index < -0.39 is 24.2 Å². The summed E-state index contributed by atoms with van der Waals surface area (Å²) in [6.07, 6.45) is 0.488. The number of aliphatic hydroxyl groups is 1. The Morgan fingerprint density at radius 2 is 1.84 bits per heavy atom. The summed E-state index contributed by atoms with van der Waals surface area (Å²) in [6.45, 7) is 8.01. The molecule has 0 bridgehead atoms. The van der Waals surface area contributed by atoms with Crippen LogP contribution in [0.5, 0.6) is 5.88 Å². The quantitative estimate of drug-likeness (QED) is 0.356. The minimum absolute atomic E-state index is 0.0207. The number of hydrogen-bond acceptors (Lipinski definition) is 9. The number of benzene rings is 1. The third-order valence-corrected chi connectivity index (χ3v) is 8.06. The summed E-state index contributed by atoms with van der Waals surface area (Å²) < 4.78 is 12.7. The Bertz CT molecular complexity index is 1430. The van der Waals surface area contributed by atoms with Crippen molar-refractivity contribution in [1.29, 1.82) is 0 Å². The van der Waals surface area contributed by atoms with Gasteiger partial charge >= 0.3 is 6.09 Å². The Kier molecular flexibility index (Phi) is 9.11. The molecule has 3 amide bonds. The Labute approximate surface area is 250 Å². The number of ether oxygens (including phenoxy) is 1. The molecule has 0 radical (unpaired) electrons. The number of nitrogens with zero attached hydrogens (tertiary/aromatic N) is 5. The molecule has 0 saturated carbocycles.